The summed E-state index contributed by atoms with van der Waals surface area (Å²) in [4.78, 5) is 7.03. The lowest BCUT2D eigenvalue weighted by Gasteiger charge is -2.22. The molecule has 6 nitrogen and oxygen atoms in total. The Morgan fingerprint density at radius 1 is 1.24 bits per heavy atom. The maximum atomic E-state index is 5.51. The number of benzene rings is 1. The second-order valence-electron chi connectivity index (χ2n) is 6.83. The molecule has 0 radical (unpaired) electrons. The highest BCUT2D eigenvalue weighted by Crippen LogP contribution is 2.23. The minimum atomic E-state index is 0.466. The molecule has 1 aliphatic rings. The fraction of sp³-hybridized carbons (Fsp3) is 0.421. The molecule has 0 saturated carbocycles. The van der Waals surface area contributed by atoms with Crippen molar-refractivity contribution < 1.29 is 4.52 Å². The van der Waals surface area contributed by atoms with E-state index in [0.717, 1.165) is 24.2 Å². The molecule has 6 heteroatoms. The Bertz CT molecular complexity index is 853. The number of hydrogen-bond donors (Lipinski definition) is 0. The Kier molecular flexibility index (Phi) is 4.36. The highest BCUT2D eigenvalue weighted by Gasteiger charge is 2.27. The molecule has 2 aromatic heterocycles. The van der Waals surface area contributed by atoms with E-state index in [0.29, 0.717) is 24.3 Å². The number of hydrogen-bond acceptors (Lipinski definition) is 5. The third-order valence-corrected chi connectivity index (χ3v) is 4.85. The van der Waals surface area contributed by atoms with Crippen molar-refractivity contribution in [3.8, 4) is 11.4 Å². The van der Waals surface area contributed by atoms with Crippen LogP contribution in [0.5, 0.6) is 0 Å². The van der Waals surface area contributed by atoms with Gasteiger partial charge in [-0.2, -0.15) is 10.1 Å². The van der Waals surface area contributed by atoms with Crippen molar-refractivity contribution in [3.63, 3.8) is 0 Å². The van der Waals surface area contributed by atoms with Crippen molar-refractivity contribution in [2.75, 3.05) is 6.54 Å². The summed E-state index contributed by atoms with van der Waals surface area (Å²) in [6.45, 7) is 6.80. The smallest absolute Gasteiger partial charge is 0.241 e. The van der Waals surface area contributed by atoms with Crippen molar-refractivity contribution in [3.05, 3.63) is 53.7 Å². The first-order chi connectivity index (χ1) is 12.2. The van der Waals surface area contributed by atoms with Gasteiger partial charge in [0, 0.05) is 17.8 Å². The fourth-order valence-corrected chi connectivity index (χ4v) is 3.52. The van der Waals surface area contributed by atoms with E-state index in [-0.39, 0.29) is 0 Å². The van der Waals surface area contributed by atoms with E-state index < -0.39 is 0 Å². The molecule has 1 aromatic carbocycles. The van der Waals surface area contributed by atoms with E-state index in [1.165, 1.54) is 18.4 Å². The monoisotopic (exact) mass is 337 g/mol. The Morgan fingerprint density at radius 2 is 2.12 bits per heavy atom. The maximum absolute atomic E-state index is 5.51. The topological polar surface area (TPSA) is 60.0 Å². The van der Waals surface area contributed by atoms with Gasteiger partial charge in [-0.05, 0) is 44.4 Å². The van der Waals surface area contributed by atoms with Crippen LogP contribution in [-0.4, -0.2) is 37.4 Å². The van der Waals surface area contributed by atoms with Gasteiger partial charge in [0.25, 0.3) is 0 Å². The van der Waals surface area contributed by atoms with E-state index in [4.69, 9.17) is 4.52 Å². The molecule has 1 aliphatic heterocycles. The van der Waals surface area contributed by atoms with Gasteiger partial charge >= 0.3 is 0 Å². The number of nitrogens with zero attached hydrogens (tertiary/aromatic N) is 5. The molecule has 1 saturated heterocycles. The van der Waals surface area contributed by atoms with E-state index in [1.54, 1.807) is 0 Å². The van der Waals surface area contributed by atoms with Crippen LogP contribution in [0.15, 0.2) is 41.2 Å². The first kappa shape index (κ1) is 16.0. The molecular weight excluding hydrogens is 314 g/mol. The van der Waals surface area contributed by atoms with Crippen molar-refractivity contribution in [1.82, 2.24) is 24.8 Å². The molecule has 3 aromatic rings. The van der Waals surface area contributed by atoms with Gasteiger partial charge in [0.1, 0.15) is 0 Å². The van der Waals surface area contributed by atoms with Gasteiger partial charge in [-0.3, -0.25) is 9.58 Å². The molecule has 0 amide bonds. The van der Waals surface area contributed by atoms with Crippen molar-refractivity contribution in [2.24, 2.45) is 0 Å². The highest BCUT2D eigenvalue weighted by molar-refractivity contribution is 5.58. The van der Waals surface area contributed by atoms with E-state index in [9.17, 15) is 0 Å². The fourth-order valence-electron chi connectivity index (χ4n) is 3.52. The number of aromatic nitrogens is 4. The third kappa shape index (κ3) is 3.49. The normalized spacial score (nSPS) is 18.1. The molecule has 25 heavy (non-hydrogen) atoms. The van der Waals surface area contributed by atoms with Crippen LogP contribution in [0.25, 0.3) is 11.4 Å². The summed E-state index contributed by atoms with van der Waals surface area (Å²) in [6.07, 6.45) is 6.38. The van der Waals surface area contributed by atoms with Crippen LogP contribution < -0.4 is 0 Å². The third-order valence-electron chi connectivity index (χ3n) is 4.85. The SMILES string of the molecule is Cc1cnn(C[C@@H]2CCCN2Cc2nc(-c3ccccc3C)no2)c1. The molecule has 4 rings (SSSR count). The summed E-state index contributed by atoms with van der Waals surface area (Å²) in [7, 11) is 0. The molecule has 0 N–H and O–H groups in total. The summed E-state index contributed by atoms with van der Waals surface area (Å²) in [6, 6.07) is 8.58. The Labute approximate surface area is 147 Å². The van der Waals surface area contributed by atoms with E-state index in [2.05, 4.69) is 46.2 Å². The second kappa shape index (κ2) is 6.80. The predicted molar refractivity (Wildman–Crippen MR) is 94.9 cm³/mol. The van der Waals surface area contributed by atoms with Gasteiger partial charge in [-0.15, -0.1) is 0 Å². The van der Waals surface area contributed by atoms with Crippen LogP contribution in [0, 0.1) is 13.8 Å². The van der Waals surface area contributed by atoms with Crippen LogP contribution in [0.2, 0.25) is 0 Å². The van der Waals surface area contributed by atoms with Crippen LogP contribution in [0.1, 0.15) is 29.9 Å². The summed E-state index contributed by atoms with van der Waals surface area (Å²) in [5.41, 5.74) is 3.38. The van der Waals surface area contributed by atoms with Gasteiger partial charge in [0.15, 0.2) is 0 Å². The van der Waals surface area contributed by atoms with Crippen molar-refractivity contribution in [2.45, 2.75) is 45.8 Å². The lowest BCUT2D eigenvalue weighted by atomic mass is 10.1. The largest absolute Gasteiger partial charge is 0.338 e. The molecule has 0 unspecified atom stereocenters. The van der Waals surface area contributed by atoms with Crippen LogP contribution in [-0.2, 0) is 13.1 Å². The zero-order chi connectivity index (χ0) is 17.2. The average molecular weight is 337 g/mol. The van der Waals surface area contributed by atoms with Gasteiger partial charge in [0.05, 0.1) is 19.3 Å². The van der Waals surface area contributed by atoms with Gasteiger partial charge in [0.2, 0.25) is 11.7 Å². The Balaban J connectivity index is 1.45. The van der Waals surface area contributed by atoms with E-state index in [1.807, 2.05) is 29.1 Å². The Hall–Kier alpha value is -2.47. The molecule has 3 heterocycles. The number of aryl methyl sites for hydroxylation is 2. The van der Waals surface area contributed by atoms with E-state index >= 15 is 0 Å². The van der Waals surface area contributed by atoms with Crippen molar-refractivity contribution in [1.29, 1.82) is 0 Å². The summed E-state index contributed by atoms with van der Waals surface area (Å²) in [5, 5.41) is 8.58. The molecule has 130 valence electrons. The quantitative estimate of drug-likeness (QED) is 0.715. The molecule has 0 spiro atoms. The van der Waals surface area contributed by atoms with Gasteiger partial charge in [-0.25, -0.2) is 0 Å². The molecule has 0 aliphatic carbocycles. The van der Waals surface area contributed by atoms with Crippen LogP contribution in [0.4, 0.5) is 0 Å². The molecule has 1 atom stereocenters. The molecule has 1 fully saturated rings. The zero-order valence-electron chi connectivity index (χ0n) is 14.7. The first-order valence-electron chi connectivity index (χ1n) is 8.81. The Morgan fingerprint density at radius 3 is 2.92 bits per heavy atom. The average Bonchev–Trinajstić information content (AvgIpc) is 3.32. The lowest BCUT2D eigenvalue weighted by molar-refractivity contribution is 0.192. The minimum Gasteiger partial charge on any atom is -0.338 e. The second-order valence-corrected chi connectivity index (χ2v) is 6.83. The maximum Gasteiger partial charge on any atom is 0.241 e. The van der Waals surface area contributed by atoms with Crippen LogP contribution in [0.3, 0.4) is 0 Å². The first-order valence-corrected chi connectivity index (χ1v) is 8.81. The molecule has 0 bridgehead atoms. The zero-order valence-corrected chi connectivity index (χ0v) is 14.7. The standard InChI is InChI=1S/C19H23N5O/c1-14-10-20-24(11-14)12-16-7-5-9-23(16)13-18-21-19(22-25-18)17-8-4-3-6-15(17)2/h3-4,6,8,10-11,16H,5,7,9,12-13H2,1-2H3/t16-/m0/s1. The molecular formula is C19H23N5O. The van der Waals surface area contributed by atoms with Crippen LogP contribution >= 0.6 is 0 Å². The van der Waals surface area contributed by atoms with Gasteiger partial charge < -0.3 is 4.52 Å². The lowest BCUT2D eigenvalue weighted by Crippen LogP contribution is -2.32. The predicted octanol–water partition coefficient (Wildman–Crippen LogP) is 3.21. The van der Waals surface area contributed by atoms with Crippen molar-refractivity contribution >= 4 is 0 Å². The van der Waals surface area contributed by atoms with Gasteiger partial charge in [-0.1, -0.05) is 29.4 Å². The summed E-state index contributed by atoms with van der Waals surface area (Å²) in [5.74, 6) is 1.35. The summed E-state index contributed by atoms with van der Waals surface area (Å²) < 4.78 is 7.55. The number of likely N-dealkylation sites (tertiary alicyclic amines) is 1. The highest BCUT2D eigenvalue weighted by atomic mass is 16.5. The summed E-state index contributed by atoms with van der Waals surface area (Å²) >= 11 is 0. The minimum absolute atomic E-state index is 0.466. The number of rotatable bonds is 5.